The summed E-state index contributed by atoms with van der Waals surface area (Å²) in [5, 5.41) is 8.36. The van der Waals surface area contributed by atoms with Gasteiger partial charge in [0.25, 0.3) is 5.56 Å². The van der Waals surface area contributed by atoms with Crippen molar-refractivity contribution in [3.63, 3.8) is 0 Å². The van der Waals surface area contributed by atoms with Crippen LogP contribution in [0.1, 0.15) is 62.2 Å². The van der Waals surface area contributed by atoms with Gasteiger partial charge in [-0.15, -0.1) is 10.2 Å². The Kier molecular flexibility index (Phi) is 6.48. The molecule has 7 nitrogen and oxygen atoms in total. The summed E-state index contributed by atoms with van der Waals surface area (Å²) in [7, 11) is 1.88. The zero-order valence-corrected chi connectivity index (χ0v) is 22.9. The Labute approximate surface area is 230 Å². The first-order valence-corrected chi connectivity index (χ1v) is 13.8. The Morgan fingerprint density at radius 1 is 1.23 bits per heavy atom. The predicted molar refractivity (Wildman–Crippen MR) is 147 cm³/mol. The molecule has 1 saturated carbocycles. The first kappa shape index (κ1) is 26.6. The summed E-state index contributed by atoms with van der Waals surface area (Å²) in [5.41, 5.74) is 1.34. The maximum Gasteiger partial charge on any atom is 0.418 e. The number of nitrogens with one attached hydrogen (secondary N) is 1. The molecule has 1 N–H and O–H groups in total. The van der Waals surface area contributed by atoms with Gasteiger partial charge in [-0.2, -0.15) is 13.2 Å². The van der Waals surface area contributed by atoms with Crippen molar-refractivity contribution >= 4 is 10.9 Å². The van der Waals surface area contributed by atoms with E-state index in [1.54, 1.807) is 18.5 Å². The molecule has 4 aromatic rings. The number of hydrogen-bond donors (Lipinski definition) is 1. The van der Waals surface area contributed by atoms with Gasteiger partial charge in [0.1, 0.15) is 17.7 Å². The number of nitrogens with zero attached hydrogens (tertiary/aromatic N) is 5. The minimum absolute atomic E-state index is 0.0249. The maximum absolute atomic E-state index is 14.3. The lowest BCUT2D eigenvalue weighted by Crippen LogP contribution is -2.40. The fourth-order valence-electron chi connectivity index (χ4n) is 6.53. The number of piperidine rings is 1. The molecule has 2 fully saturated rings. The van der Waals surface area contributed by atoms with Crippen LogP contribution in [-0.2, 0) is 25.2 Å². The third-order valence-electron chi connectivity index (χ3n) is 8.58. The Morgan fingerprint density at radius 3 is 2.70 bits per heavy atom. The van der Waals surface area contributed by atoms with Gasteiger partial charge < -0.3 is 9.55 Å². The van der Waals surface area contributed by atoms with Crippen molar-refractivity contribution in [2.45, 2.75) is 57.7 Å². The van der Waals surface area contributed by atoms with Crippen LogP contribution in [0.5, 0.6) is 0 Å². The van der Waals surface area contributed by atoms with Crippen LogP contribution in [0.15, 0.2) is 59.3 Å². The van der Waals surface area contributed by atoms with Crippen LogP contribution in [0.4, 0.5) is 13.2 Å². The number of aromatic amines is 1. The highest BCUT2D eigenvalue weighted by Gasteiger charge is 2.47. The molecule has 0 radical (unpaired) electrons. The molecule has 6 rings (SSSR count). The SMILES string of the molecule is CC=C1CC(c2cccc(-n3cc(C(F)(F)F)c4cc(CN5CCC[C@H](C)C5)[nH]c4c3=O)c2)(c2nncn2C)C1. The average Bonchev–Trinajstić information content (AvgIpc) is 3.50. The molecule has 2 aliphatic rings. The van der Waals surface area contributed by atoms with Crippen molar-refractivity contribution < 1.29 is 13.2 Å². The number of aryl methyl sites for hydroxylation is 1. The zero-order valence-electron chi connectivity index (χ0n) is 22.9. The summed E-state index contributed by atoms with van der Waals surface area (Å²) >= 11 is 0. The highest BCUT2D eigenvalue weighted by Crippen LogP contribution is 2.51. The number of H-pyrrole nitrogens is 1. The standard InChI is InChI=1S/C30H33F3N6O/c1-4-20-13-29(14-20,28-36-34-18-37(28)3)21-8-5-9-23(11-21)39-17-25(30(31,32)33)24-12-22(35-26(24)27(39)40)16-38-10-6-7-19(2)15-38/h4-5,8-9,11-12,17-19,35H,6-7,10,13-16H2,1-3H3/t19-,29?/m0/s1. The minimum Gasteiger partial charge on any atom is -0.353 e. The van der Waals surface area contributed by atoms with E-state index in [0.29, 0.717) is 23.8 Å². The van der Waals surface area contributed by atoms with Crippen LogP contribution in [0.2, 0.25) is 0 Å². The van der Waals surface area contributed by atoms with Gasteiger partial charge >= 0.3 is 6.18 Å². The third-order valence-corrected chi connectivity index (χ3v) is 8.58. The van der Waals surface area contributed by atoms with E-state index < -0.39 is 22.7 Å². The largest absolute Gasteiger partial charge is 0.418 e. The van der Waals surface area contributed by atoms with E-state index in [1.165, 1.54) is 11.6 Å². The van der Waals surface area contributed by atoms with Crippen LogP contribution in [0.25, 0.3) is 16.6 Å². The highest BCUT2D eigenvalue weighted by atomic mass is 19.4. The number of benzene rings is 1. The summed E-state index contributed by atoms with van der Waals surface area (Å²) in [6, 6.07) is 8.72. The highest BCUT2D eigenvalue weighted by molar-refractivity contribution is 5.84. The summed E-state index contributed by atoms with van der Waals surface area (Å²) in [5.74, 6) is 1.33. The number of alkyl halides is 3. The molecule has 4 heterocycles. The van der Waals surface area contributed by atoms with Crippen molar-refractivity contribution in [1.82, 2.24) is 29.2 Å². The topological polar surface area (TPSA) is 71.7 Å². The van der Waals surface area contributed by atoms with E-state index >= 15 is 0 Å². The zero-order chi connectivity index (χ0) is 28.2. The number of halogens is 3. The molecule has 0 bridgehead atoms. The summed E-state index contributed by atoms with van der Waals surface area (Å²) in [6.07, 6.45) is 3.72. The molecule has 1 aromatic carbocycles. The average molecular weight is 551 g/mol. The Hall–Kier alpha value is -3.66. The van der Waals surface area contributed by atoms with E-state index in [2.05, 4.69) is 33.1 Å². The Morgan fingerprint density at radius 2 is 2.02 bits per heavy atom. The van der Waals surface area contributed by atoms with Gasteiger partial charge in [-0.3, -0.25) is 14.3 Å². The molecule has 1 aliphatic heterocycles. The molecule has 1 aliphatic carbocycles. The molecule has 210 valence electrons. The van der Waals surface area contributed by atoms with E-state index in [9.17, 15) is 18.0 Å². The maximum atomic E-state index is 14.3. The normalized spacial score (nSPS) is 22.1. The quantitative estimate of drug-likeness (QED) is 0.323. The van der Waals surface area contributed by atoms with Gasteiger partial charge in [0.15, 0.2) is 0 Å². The summed E-state index contributed by atoms with van der Waals surface area (Å²) < 4.78 is 46.0. The van der Waals surface area contributed by atoms with Crippen LogP contribution in [-0.4, -0.2) is 42.3 Å². The predicted octanol–water partition coefficient (Wildman–Crippen LogP) is 5.72. The minimum atomic E-state index is -4.63. The summed E-state index contributed by atoms with van der Waals surface area (Å²) in [6.45, 7) is 6.45. The third kappa shape index (κ3) is 4.48. The van der Waals surface area contributed by atoms with Crippen LogP contribution in [0, 0.1) is 5.92 Å². The second kappa shape index (κ2) is 9.76. The first-order chi connectivity index (χ1) is 19.1. The number of aromatic nitrogens is 5. The van der Waals surface area contributed by atoms with Gasteiger partial charge in [0.2, 0.25) is 0 Å². The second-order valence-corrected chi connectivity index (χ2v) is 11.5. The molecule has 1 atom stereocenters. The molecule has 1 saturated heterocycles. The summed E-state index contributed by atoms with van der Waals surface area (Å²) in [4.78, 5) is 19.0. The van der Waals surface area contributed by atoms with Crippen LogP contribution >= 0.6 is 0 Å². The molecular weight excluding hydrogens is 517 g/mol. The fourth-order valence-corrected chi connectivity index (χ4v) is 6.53. The Bertz CT molecular complexity index is 1650. The molecule has 10 heteroatoms. The Balaban J connectivity index is 1.45. The van der Waals surface area contributed by atoms with Gasteiger partial charge in [-0.25, -0.2) is 0 Å². The van der Waals surface area contributed by atoms with Gasteiger partial charge in [0.05, 0.1) is 11.0 Å². The molecular formula is C30H33F3N6O. The van der Waals surface area contributed by atoms with Gasteiger partial charge in [0, 0.05) is 43.1 Å². The lowest BCUT2D eigenvalue weighted by molar-refractivity contribution is -0.136. The van der Waals surface area contributed by atoms with Crippen molar-refractivity contribution in [2.75, 3.05) is 13.1 Å². The van der Waals surface area contributed by atoms with E-state index in [1.807, 2.05) is 30.7 Å². The van der Waals surface area contributed by atoms with Crippen molar-refractivity contribution in [2.24, 2.45) is 13.0 Å². The monoisotopic (exact) mass is 550 g/mol. The van der Waals surface area contributed by atoms with Crippen molar-refractivity contribution in [3.05, 3.63) is 87.5 Å². The number of pyridine rings is 1. The first-order valence-electron chi connectivity index (χ1n) is 13.8. The number of fused-ring (bicyclic) bond motifs is 1. The molecule has 0 unspecified atom stereocenters. The lowest BCUT2D eigenvalue weighted by Gasteiger charge is -2.43. The lowest BCUT2D eigenvalue weighted by atomic mass is 9.61. The van der Waals surface area contributed by atoms with Gasteiger partial charge in [-0.05, 0) is 68.8 Å². The molecule has 0 amide bonds. The number of allylic oxidation sites excluding steroid dienone is 2. The molecule has 0 spiro atoms. The number of hydrogen-bond acceptors (Lipinski definition) is 4. The molecule has 3 aromatic heterocycles. The van der Waals surface area contributed by atoms with Crippen LogP contribution in [0.3, 0.4) is 0 Å². The second-order valence-electron chi connectivity index (χ2n) is 11.5. The number of likely N-dealkylation sites (tertiary alicyclic amines) is 1. The number of rotatable bonds is 5. The smallest absolute Gasteiger partial charge is 0.353 e. The van der Waals surface area contributed by atoms with Crippen molar-refractivity contribution in [3.8, 4) is 5.69 Å². The van der Waals surface area contributed by atoms with E-state index in [0.717, 1.165) is 60.9 Å². The fraction of sp³-hybridized carbons (Fsp3) is 0.433. The van der Waals surface area contributed by atoms with E-state index in [4.69, 9.17) is 0 Å². The molecule has 40 heavy (non-hydrogen) atoms. The van der Waals surface area contributed by atoms with Crippen molar-refractivity contribution in [1.29, 1.82) is 0 Å². The van der Waals surface area contributed by atoms with E-state index in [-0.39, 0.29) is 10.9 Å². The van der Waals surface area contributed by atoms with Crippen LogP contribution < -0.4 is 5.56 Å². The van der Waals surface area contributed by atoms with Gasteiger partial charge in [-0.1, -0.05) is 30.7 Å².